The molecule has 0 aromatic heterocycles. The molecule has 0 saturated heterocycles. The minimum Gasteiger partial charge on any atom is -0.323 e. The van der Waals surface area contributed by atoms with E-state index < -0.39 is 29.0 Å². The van der Waals surface area contributed by atoms with Crippen LogP contribution in [-0.4, -0.2) is 6.21 Å². The third-order valence-electron chi connectivity index (χ3n) is 1.90. The third kappa shape index (κ3) is 3.11. The fourth-order valence-corrected chi connectivity index (χ4v) is 1.17. The lowest BCUT2D eigenvalue weighted by atomic mass is 10.0. The molecule has 17 heavy (non-hydrogen) atoms. The van der Waals surface area contributed by atoms with Gasteiger partial charge >= 0.3 is 12.4 Å². The molecule has 0 amide bonds. The molecule has 2 nitrogen and oxygen atoms in total. The minimum absolute atomic E-state index is 0.0248. The van der Waals surface area contributed by atoms with E-state index in [1.54, 1.807) is 0 Å². The Labute approximate surface area is 91.7 Å². The summed E-state index contributed by atoms with van der Waals surface area (Å²) in [5.41, 5.74) is -3.33. The van der Waals surface area contributed by atoms with Crippen LogP contribution in [0, 0.1) is 0 Å². The van der Waals surface area contributed by atoms with Crippen LogP contribution in [0.25, 0.3) is 0 Å². The van der Waals surface area contributed by atoms with E-state index in [4.69, 9.17) is 0 Å². The van der Waals surface area contributed by atoms with Crippen LogP contribution in [-0.2, 0) is 12.4 Å². The zero-order valence-electron chi connectivity index (χ0n) is 8.10. The number of rotatable bonds is 1. The van der Waals surface area contributed by atoms with Crippen molar-refractivity contribution in [2.45, 2.75) is 12.4 Å². The third-order valence-corrected chi connectivity index (χ3v) is 1.90. The first-order chi connectivity index (χ1) is 7.66. The second-order valence-electron chi connectivity index (χ2n) is 3.08. The minimum atomic E-state index is -4.90. The average Bonchev–Trinajstić information content (AvgIpc) is 2.15. The molecule has 2 N–H and O–H groups in total. The molecule has 0 unspecified atom stereocenters. The lowest BCUT2D eigenvalue weighted by molar-refractivity contribution is -0.143. The summed E-state index contributed by atoms with van der Waals surface area (Å²) < 4.78 is 74.2. The van der Waals surface area contributed by atoms with Crippen LogP contribution in [0.2, 0.25) is 0 Å². The monoisotopic (exact) mass is 256 g/mol. The van der Waals surface area contributed by atoms with Crippen LogP contribution in [0.4, 0.5) is 26.3 Å². The van der Waals surface area contributed by atoms with Gasteiger partial charge in [-0.2, -0.15) is 31.4 Å². The molecule has 0 aliphatic rings. The molecule has 0 spiro atoms. The van der Waals surface area contributed by atoms with E-state index in [2.05, 4.69) is 10.9 Å². The van der Waals surface area contributed by atoms with E-state index in [9.17, 15) is 26.3 Å². The van der Waals surface area contributed by atoms with Gasteiger partial charge < -0.3 is 5.84 Å². The van der Waals surface area contributed by atoms with Crippen LogP contribution in [0.1, 0.15) is 16.7 Å². The number of halogens is 6. The quantitative estimate of drug-likeness (QED) is 0.356. The Morgan fingerprint density at radius 2 is 1.59 bits per heavy atom. The largest absolute Gasteiger partial charge is 0.417 e. The molecular formula is C9H6F6N2. The Hall–Kier alpha value is -1.73. The molecule has 0 atom stereocenters. The van der Waals surface area contributed by atoms with Crippen molar-refractivity contribution in [3.05, 3.63) is 34.9 Å². The maximum Gasteiger partial charge on any atom is 0.417 e. The Morgan fingerprint density at radius 1 is 1.00 bits per heavy atom. The zero-order chi connectivity index (χ0) is 13.3. The van der Waals surface area contributed by atoms with Gasteiger partial charge in [-0.3, -0.25) is 0 Å². The van der Waals surface area contributed by atoms with Crippen molar-refractivity contribution in [2.24, 2.45) is 10.9 Å². The molecule has 0 aliphatic heterocycles. The highest BCUT2D eigenvalue weighted by atomic mass is 19.4. The Kier molecular flexibility index (Phi) is 3.35. The highest BCUT2D eigenvalue weighted by molar-refractivity contribution is 5.82. The van der Waals surface area contributed by atoms with Crippen molar-refractivity contribution in [2.75, 3.05) is 0 Å². The number of nitrogens with zero attached hydrogens (tertiary/aromatic N) is 1. The van der Waals surface area contributed by atoms with Gasteiger partial charge in [0.05, 0.1) is 17.3 Å². The number of benzene rings is 1. The van der Waals surface area contributed by atoms with E-state index in [0.29, 0.717) is 18.3 Å². The summed E-state index contributed by atoms with van der Waals surface area (Å²) in [6.45, 7) is 0. The van der Waals surface area contributed by atoms with Crippen LogP contribution in [0.5, 0.6) is 0 Å². The van der Waals surface area contributed by atoms with E-state index in [0.717, 1.165) is 0 Å². The van der Waals surface area contributed by atoms with Gasteiger partial charge in [0.25, 0.3) is 0 Å². The van der Waals surface area contributed by atoms with E-state index in [1.165, 1.54) is 0 Å². The van der Waals surface area contributed by atoms with Crippen LogP contribution < -0.4 is 5.84 Å². The normalized spacial score (nSPS) is 13.3. The predicted molar refractivity (Wildman–Crippen MR) is 48.2 cm³/mol. The molecule has 1 rings (SSSR count). The number of hydrogen-bond acceptors (Lipinski definition) is 2. The standard InChI is InChI=1S/C9H6F6N2/c10-8(11,12)6-2-1-5(4-17-16)7(3-6)9(13,14)15/h1-4H,16H2. The second-order valence-corrected chi connectivity index (χ2v) is 3.08. The lowest BCUT2D eigenvalue weighted by Crippen LogP contribution is -2.13. The van der Waals surface area contributed by atoms with Gasteiger partial charge in [-0.1, -0.05) is 6.07 Å². The smallest absolute Gasteiger partial charge is 0.323 e. The molecule has 94 valence electrons. The fourth-order valence-electron chi connectivity index (χ4n) is 1.17. The van der Waals surface area contributed by atoms with Gasteiger partial charge in [0.2, 0.25) is 0 Å². The summed E-state index contributed by atoms with van der Waals surface area (Å²) >= 11 is 0. The molecule has 8 heteroatoms. The molecule has 0 heterocycles. The maximum atomic E-state index is 12.5. The van der Waals surface area contributed by atoms with Crippen LogP contribution >= 0.6 is 0 Å². The van der Waals surface area contributed by atoms with Crippen molar-refractivity contribution in [3.63, 3.8) is 0 Å². The maximum absolute atomic E-state index is 12.5. The highest BCUT2D eigenvalue weighted by Gasteiger charge is 2.37. The fraction of sp³-hybridized carbons (Fsp3) is 0.222. The molecule has 0 radical (unpaired) electrons. The topological polar surface area (TPSA) is 38.4 Å². The zero-order valence-corrected chi connectivity index (χ0v) is 8.10. The number of nitrogens with two attached hydrogens (primary N) is 1. The first-order valence-corrected chi connectivity index (χ1v) is 4.18. The Morgan fingerprint density at radius 3 is 2.00 bits per heavy atom. The van der Waals surface area contributed by atoms with E-state index in [1.807, 2.05) is 0 Å². The summed E-state index contributed by atoms with van der Waals surface area (Å²) in [6, 6.07) is 1.23. The molecule has 1 aromatic carbocycles. The average molecular weight is 256 g/mol. The summed E-state index contributed by atoms with van der Waals surface area (Å²) in [4.78, 5) is 0. The molecule has 0 aliphatic carbocycles. The van der Waals surface area contributed by atoms with Crippen molar-refractivity contribution in [3.8, 4) is 0 Å². The van der Waals surface area contributed by atoms with Gasteiger partial charge in [-0.15, -0.1) is 0 Å². The van der Waals surface area contributed by atoms with Crippen LogP contribution in [0.3, 0.4) is 0 Å². The highest BCUT2D eigenvalue weighted by Crippen LogP contribution is 2.36. The molecule has 1 aromatic rings. The van der Waals surface area contributed by atoms with Crippen molar-refractivity contribution >= 4 is 6.21 Å². The number of hydrazone groups is 1. The van der Waals surface area contributed by atoms with Crippen molar-refractivity contribution in [1.82, 2.24) is 0 Å². The van der Waals surface area contributed by atoms with Gasteiger partial charge in [0.1, 0.15) is 0 Å². The van der Waals surface area contributed by atoms with Gasteiger partial charge in [0.15, 0.2) is 0 Å². The summed E-state index contributed by atoms with van der Waals surface area (Å²) in [5.74, 6) is 4.68. The van der Waals surface area contributed by atoms with E-state index >= 15 is 0 Å². The molecule has 0 fully saturated rings. The lowest BCUT2D eigenvalue weighted by Gasteiger charge is -2.13. The van der Waals surface area contributed by atoms with Gasteiger partial charge in [0, 0.05) is 5.56 Å². The first-order valence-electron chi connectivity index (χ1n) is 4.18. The summed E-state index contributed by atoms with van der Waals surface area (Å²) in [6.07, 6.45) is -9.10. The van der Waals surface area contributed by atoms with Gasteiger partial charge in [-0.25, -0.2) is 0 Å². The Bertz CT molecular complexity index is 432. The van der Waals surface area contributed by atoms with Crippen LogP contribution in [0.15, 0.2) is 23.3 Å². The predicted octanol–water partition coefficient (Wildman–Crippen LogP) is 3.02. The van der Waals surface area contributed by atoms with Gasteiger partial charge in [-0.05, 0) is 12.1 Å². The Balaban J connectivity index is 3.40. The summed E-state index contributed by atoms with van der Waals surface area (Å²) in [5, 5.41) is 2.87. The van der Waals surface area contributed by atoms with Crippen molar-refractivity contribution < 1.29 is 26.3 Å². The first kappa shape index (κ1) is 13.3. The molecule has 0 saturated carbocycles. The number of hydrogen-bond donors (Lipinski definition) is 1. The van der Waals surface area contributed by atoms with E-state index in [-0.39, 0.29) is 6.07 Å². The SMILES string of the molecule is NN=Cc1ccc(C(F)(F)F)cc1C(F)(F)F. The summed E-state index contributed by atoms with van der Waals surface area (Å²) in [7, 11) is 0. The molecule has 0 bridgehead atoms. The second kappa shape index (κ2) is 4.27. The van der Waals surface area contributed by atoms with Crippen molar-refractivity contribution in [1.29, 1.82) is 0 Å². The molecular weight excluding hydrogens is 250 g/mol. The number of alkyl halides is 6.